The number of piperazine rings is 1. The highest BCUT2D eigenvalue weighted by Crippen LogP contribution is 2.18. The Bertz CT molecular complexity index is 704. The molecule has 1 aromatic heterocycles. The molecule has 0 spiro atoms. The summed E-state index contributed by atoms with van der Waals surface area (Å²) in [5, 5.41) is 9.67. The van der Waals surface area contributed by atoms with E-state index >= 15 is 0 Å². The first-order valence-corrected chi connectivity index (χ1v) is 11.2. The maximum absolute atomic E-state index is 5.56. The van der Waals surface area contributed by atoms with Gasteiger partial charge in [-0.25, -0.2) is 0 Å². The van der Waals surface area contributed by atoms with Gasteiger partial charge in [-0.15, -0.1) is 11.3 Å². The van der Waals surface area contributed by atoms with Crippen molar-refractivity contribution in [3.05, 3.63) is 52.2 Å². The van der Waals surface area contributed by atoms with Crippen LogP contribution in [-0.2, 0) is 0 Å². The van der Waals surface area contributed by atoms with Crippen molar-refractivity contribution in [1.82, 2.24) is 5.32 Å². The number of rotatable bonds is 6. The van der Waals surface area contributed by atoms with E-state index in [4.69, 9.17) is 12.2 Å². The molecular weight excluding hydrogens is 372 g/mol. The monoisotopic (exact) mass is 404 g/mol. The first-order valence-electron chi connectivity index (χ1n) is 9.87. The molecule has 0 radical (unpaired) electrons. The summed E-state index contributed by atoms with van der Waals surface area (Å²) >= 11 is 7.41. The summed E-state index contributed by atoms with van der Waals surface area (Å²) in [6.07, 6.45) is 0. The quantitative estimate of drug-likeness (QED) is 0.548. The molecule has 1 aliphatic rings. The summed E-state index contributed by atoms with van der Waals surface area (Å²) < 4.78 is 0. The van der Waals surface area contributed by atoms with Gasteiger partial charge in [0.25, 0.3) is 0 Å². The SMILES string of the molecule is CC(C)c1ccc(NC(=S)NC[C@@H](c2cccs2)[NH+]2CC[NH+](C)CC2)cc1. The average Bonchev–Trinajstić information content (AvgIpc) is 3.18. The van der Waals surface area contributed by atoms with E-state index in [1.165, 1.54) is 36.6 Å². The predicted octanol–water partition coefficient (Wildman–Crippen LogP) is 1.31. The van der Waals surface area contributed by atoms with Gasteiger partial charge >= 0.3 is 0 Å². The van der Waals surface area contributed by atoms with E-state index in [0.29, 0.717) is 17.1 Å². The molecule has 4 N–H and O–H groups in total. The number of benzene rings is 1. The van der Waals surface area contributed by atoms with Gasteiger partial charge in [0.15, 0.2) is 5.11 Å². The highest BCUT2D eigenvalue weighted by atomic mass is 32.1. The lowest BCUT2D eigenvalue weighted by atomic mass is 10.0. The number of likely N-dealkylation sites (N-methyl/N-ethyl adjacent to an activating group) is 1. The number of hydrogen-bond donors (Lipinski definition) is 4. The zero-order valence-electron chi connectivity index (χ0n) is 16.5. The lowest BCUT2D eigenvalue weighted by molar-refractivity contribution is -1.02. The summed E-state index contributed by atoms with van der Waals surface area (Å²) in [4.78, 5) is 4.75. The summed E-state index contributed by atoms with van der Waals surface area (Å²) in [6, 6.07) is 13.4. The Kier molecular flexibility index (Phi) is 7.24. The Balaban J connectivity index is 1.57. The zero-order chi connectivity index (χ0) is 19.2. The van der Waals surface area contributed by atoms with E-state index in [-0.39, 0.29) is 0 Å². The van der Waals surface area contributed by atoms with Gasteiger partial charge in [-0.1, -0.05) is 32.0 Å². The van der Waals surface area contributed by atoms with Crippen LogP contribution in [0.15, 0.2) is 41.8 Å². The first kappa shape index (κ1) is 20.3. The van der Waals surface area contributed by atoms with Crippen molar-refractivity contribution in [2.24, 2.45) is 0 Å². The van der Waals surface area contributed by atoms with Gasteiger partial charge in [-0.2, -0.15) is 0 Å². The molecule has 1 aromatic carbocycles. The van der Waals surface area contributed by atoms with Crippen LogP contribution >= 0.6 is 23.6 Å². The minimum atomic E-state index is 0.459. The molecule has 1 aliphatic heterocycles. The fraction of sp³-hybridized carbons (Fsp3) is 0.476. The Morgan fingerprint density at radius 2 is 1.81 bits per heavy atom. The number of anilines is 1. The van der Waals surface area contributed by atoms with Crippen LogP contribution in [-0.4, -0.2) is 44.9 Å². The van der Waals surface area contributed by atoms with Crippen LogP contribution in [0.2, 0.25) is 0 Å². The lowest BCUT2D eigenvalue weighted by Gasteiger charge is -2.33. The first-order chi connectivity index (χ1) is 13.0. The Morgan fingerprint density at radius 1 is 1.11 bits per heavy atom. The minimum absolute atomic E-state index is 0.459. The summed E-state index contributed by atoms with van der Waals surface area (Å²) in [7, 11) is 2.29. The molecule has 1 saturated heterocycles. The van der Waals surface area contributed by atoms with E-state index in [9.17, 15) is 0 Å². The Labute approximate surface area is 172 Å². The van der Waals surface area contributed by atoms with Crippen molar-refractivity contribution in [3.8, 4) is 0 Å². The number of hydrogen-bond acceptors (Lipinski definition) is 2. The van der Waals surface area contributed by atoms with Crippen molar-refractivity contribution in [1.29, 1.82) is 0 Å². The second kappa shape index (κ2) is 9.64. The average molecular weight is 405 g/mol. The van der Waals surface area contributed by atoms with Crippen molar-refractivity contribution >= 4 is 34.4 Å². The van der Waals surface area contributed by atoms with Crippen molar-refractivity contribution in [2.45, 2.75) is 25.8 Å². The van der Waals surface area contributed by atoms with Gasteiger partial charge in [-0.05, 0) is 47.3 Å². The maximum Gasteiger partial charge on any atom is 0.171 e. The summed E-state index contributed by atoms with van der Waals surface area (Å²) in [5.41, 5.74) is 2.39. The number of thiocarbonyl (C=S) groups is 1. The van der Waals surface area contributed by atoms with Crippen LogP contribution in [0, 0.1) is 0 Å². The van der Waals surface area contributed by atoms with Crippen LogP contribution in [0.1, 0.15) is 36.2 Å². The maximum atomic E-state index is 5.56. The Hall–Kier alpha value is -1.47. The van der Waals surface area contributed by atoms with Crippen LogP contribution in [0.3, 0.4) is 0 Å². The number of quaternary nitrogens is 2. The standard InChI is InChI=1S/C21H30N4S2/c1-16(2)17-6-8-18(9-7-17)23-21(26)22-15-19(20-5-4-14-27-20)25-12-10-24(3)11-13-25/h4-9,14,16,19H,10-13,15H2,1-3H3,(H2,22,23,26)/p+2/t19-/m0/s1. The molecule has 6 heteroatoms. The molecule has 2 aromatic rings. The van der Waals surface area contributed by atoms with E-state index in [0.717, 1.165) is 12.2 Å². The topological polar surface area (TPSA) is 32.9 Å². The minimum Gasteiger partial charge on any atom is -0.356 e. The van der Waals surface area contributed by atoms with Crippen molar-refractivity contribution in [3.63, 3.8) is 0 Å². The molecule has 0 unspecified atom stereocenters. The van der Waals surface area contributed by atoms with E-state index in [2.05, 4.69) is 73.3 Å². The Morgan fingerprint density at radius 3 is 2.41 bits per heavy atom. The molecule has 0 amide bonds. The fourth-order valence-electron chi connectivity index (χ4n) is 3.60. The van der Waals surface area contributed by atoms with Crippen molar-refractivity contribution < 1.29 is 9.80 Å². The zero-order valence-corrected chi connectivity index (χ0v) is 18.2. The van der Waals surface area contributed by atoms with E-state index in [1.54, 1.807) is 9.80 Å². The molecule has 2 heterocycles. The molecule has 0 saturated carbocycles. The van der Waals surface area contributed by atoms with Crippen LogP contribution in [0.5, 0.6) is 0 Å². The van der Waals surface area contributed by atoms with Gasteiger partial charge in [0, 0.05) is 5.69 Å². The summed E-state index contributed by atoms with van der Waals surface area (Å²) in [6.45, 7) is 10.2. The number of thiophene rings is 1. The van der Waals surface area contributed by atoms with Gasteiger partial charge in [0.1, 0.15) is 32.2 Å². The lowest BCUT2D eigenvalue weighted by Crippen LogP contribution is -3.27. The molecule has 4 nitrogen and oxygen atoms in total. The van der Waals surface area contributed by atoms with Gasteiger partial charge in [-0.3, -0.25) is 0 Å². The van der Waals surface area contributed by atoms with Gasteiger partial charge in [0.2, 0.25) is 0 Å². The third-order valence-corrected chi connectivity index (χ3v) is 6.66. The molecule has 146 valence electrons. The normalized spacial score (nSPS) is 21.0. The number of nitrogens with one attached hydrogen (secondary N) is 4. The third-order valence-electron chi connectivity index (χ3n) is 5.43. The molecule has 3 rings (SSSR count). The van der Waals surface area contributed by atoms with E-state index < -0.39 is 0 Å². The molecular formula is C21H32N4S2+2. The second-order valence-corrected chi connectivity index (χ2v) is 9.18. The molecule has 1 atom stereocenters. The fourth-order valence-corrected chi connectivity index (χ4v) is 4.69. The molecule has 0 aliphatic carbocycles. The molecule has 1 fully saturated rings. The van der Waals surface area contributed by atoms with Crippen LogP contribution in [0.25, 0.3) is 0 Å². The molecule has 27 heavy (non-hydrogen) atoms. The third kappa shape index (κ3) is 5.75. The van der Waals surface area contributed by atoms with Crippen LogP contribution < -0.4 is 20.4 Å². The van der Waals surface area contributed by atoms with Crippen LogP contribution in [0.4, 0.5) is 5.69 Å². The summed E-state index contributed by atoms with van der Waals surface area (Å²) in [5.74, 6) is 0.545. The predicted molar refractivity (Wildman–Crippen MR) is 119 cm³/mol. The van der Waals surface area contributed by atoms with E-state index in [1.807, 2.05) is 11.3 Å². The van der Waals surface area contributed by atoms with Crippen molar-refractivity contribution in [2.75, 3.05) is 45.1 Å². The van der Waals surface area contributed by atoms with Gasteiger partial charge in [0.05, 0.1) is 18.5 Å². The largest absolute Gasteiger partial charge is 0.356 e. The highest BCUT2D eigenvalue weighted by Gasteiger charge is 2.29. The second-order valence-electron chi connectivity index (χ2n) is 7.80. The molecule has 0 bridgehead atoms. The highest BCUT2D eigenvalue weighted by molar-refractivity contribution is 7.80. The van der Waals surface area contributed by atoms with Gasteiger partial charge < -0.3 is 20.4 Å². The smallest absolute Gasteiger partial charge is 0.171 e.